The monoisotopic (exact) mass is 352 g/mol. The van der Waals surface area contributed by atoms with Crippen LogP contribution >= 0.6 is 0 Å². The molecule has 1 aliphatic heterocycles. The molecule has 1 saturated heterocycles. The van der Waals surface area contributed by atoms with Crippen LogP contribution in [-0.2, 0) is 9.59 Å². The van der Waals surface area contributed by atoms with Crippen molar-refractivity contribution in [3.05, 3.63) is 0 Å². The van der Waals surface area contributed by atoms with E-state index in [2.05, 4.69) is 31.4 Å². The maximum Gasteiger partial charge on any atom is 0.325 e. The van der Waals surface area contributed by atoms with Crippen LogP contribution in [0.5, 0.6) is 0 Å². The van der Waals surface area contributed by atoms with E-state index in [-0.39, 0.29) is 23.8 Å². The van der Waals surface area contributed by atoms with E-state index in [1.54, 1.807) is 11.9 Å². The van der Waals surface area contributed by atoms with E-state index in [0.29, 0.717) is 31.8 Å². The fraction of sp³-hybridized carbons (Fsp3) is 0.833. The lowest BCUT2D eigenvalue weighted by atomic mass is 9.67. The summed E-state index contributed by atoms with van der Waals surface area (Å²) in [6, 6.07) is -0.436. The van der Waals surface area contributed by atoms with Gasteiger partial charge in [-0.25, -0.2) is 4.79 Å². The zero-order chi connectivity index (χ0) is 18.8. The fourth-order valence-electron chi connectivity index (χ4n) is 3.80. The Morgan fingerprint density at radius 2 is 1.92 bits per heavy atom. The van der Waals surface area contributed by atoms with Gasteiger partial charge < -0.3 is 15.5 Å². The van der Waals surface area contributed by atoms with Crippen LogP contribution in [-0.4, -0.2) is 66.9 Å². The minimum absolute atomic E-state index is 0.185. The summed E-state index contributed by atoms with van der Waals surface area (Å²) in [4.78, 5) is 40.1. The summed E-state index contributed by atoms with van der Waals surface area (Å²) in [5.41, 5.74) is -0.596. The third kappa shape index (κ3) is 4.14. The van der Waals surface area contributed by atoms with Gasteiger partial charge in [0, 0.05) is 20.1 Å². The van der Waals surface area contributed by atoms with Gasteiger partial charge in [0.05, 0.1) is 0 Å². The minimum atomic E-state index is -0.803. The van der Waals surface area contributed by atoms with Crippen molar-refractivity contribution >= 4 is 17.8 Å². The highest BCUT2D eigenvalue weighted by Crippen LogP contribution is 2.43. The van der Waals surface area contributed by atoms with Crippen molar-refractivity contribution in [2.24, 2.45) is 11.3 Å². The summed E-state index contributed by atoms with van der Waals surface area (Å²) < 4.78 is 0. The molecule has 0 aromatic rings. The third-order valence-electron chi connectivity index (χ3n) is 5.73. The van der Waals surface area contributed by atoms with Gasteiger partial charge in [0.15, 0.2) is 0 Å². The summed E-state index contributed by atoms with van der Waals surface area (Å²) in [5, 5.41) is 5.86. The number of nitrogens with zero attached hydrogens (tertiary/aromatic N) is 2. The largest absolute Gasteiger partial charge is 0.343 e. The van der Waals surface area contributed by atoms with Gasteiger partial charge in [-0.05, 0) is 44.1 Å². The molecule has 0 unspecified atom stereocenters. The van der Waals surface area contributed by atoms with Crippen LogP contribution in [0, 0.1) is 11.3 Å². The lowest BCUT2D eigenvalue weighted by molar-refractivity contribution is -0.139. The fourth-order valence-corrected chi connectivity index (χ4v) is 3.80. The molecule has 2 fully saturated rings. The van der Waals surface area contributed by atoms with Gasteiger partial charge in [0.1, 0.15) is 12.1 Å². The molecule has 142 valence electrons. The Bertz CT molecular complexity index is 533. The van der Waals surface area contributed by atoms with Gasteiger partial charge in [-0.2, -0.15) is 0 Å². The summed E-state index contributed by atoms with van der Waals surface area (Å²) in [6.45, 7) is 7.68. The summed E-state index contributed by atoms with van der Waals surface area (Å²) >= 11 is 0. The minimum Gasteiger partial charge on any atom is -0.343 e. The summed E-state index contributed by atoms with van der Waals surface area (Å²) in [6.07, 6.45) is 3.14. The third-order valence-corrected chi connectivity index (χ3v) is 5.73. The van der Waals surface area contributed by atoms with Crippen LogP contribution in [0.25, 0.3) is 0 Å². The molecule has 1 saturated carbocycles. The molecule has 1 aliphatic carbocycles. The molecule has 0 radical (unpaired) electrons. The number of rotatable bonds is 5. The number of hydrogen-bond donors (Lipinski definition) is 2. The van der Waals surface area contributed by atoms with Crippen molar-refractivity contribution in [2.75, 3.05) is 33.7 Å². The van der Waals surface area contributed by atoms with Gasteiger partial charge >= 0.3 is 6.03 Å². The molecular weight excluding hydrogens is 320 g/mol. The van der Waals surface area contributed by atoms with Crippen molar-refractivity contribution in [3.63, 3.8) is 0 Å². The molecule has 0 aromatic heterocycles. The lowest BCUT2D eigenvalue weighted by Gasteiger charge is -2.40. The quantitative estimate of drug-likeness (QED) is 0.728. The van der Waals surface area contributed by atoms with Crippen LogP contribution in [0.3, 0.4) is 0 Å². The molecule has 1 spiro atoms. The van der Waals surface area contributed by atoms with Crippen LogP contribution in [0.4, 0.5) is 4.79 Å². The van der Waals surface area contributed by atoms with Gasteiger partial charge in [-0.3, -0.25) is 14.5 Å². The number of nitrogens with one attached hydrogen (secondary N) is 2. The number of imide groups is 1. The lowest BCUT2D eigenvalue weighted by Crippen LogP contribution is -2.51. The van der Waals surface area contributed by atoms with E-state index >= 15 is 0 Å². The first-order chi connectivity index (χ1) is 11.6. The molecule has 7 heteroatoms. The van der Waals surface area contributed by atoms with Crippen molar-refractivity contribution < 1.29 is 14.4 Å². The Kier molecular flexibility index (Phi) is 5.76. The Morgan fingerprint density at radius 1 is 1.32 bits per heavy atom. The zero-order valence-electron chi connectivity index (χ0n) is 16.1. The van der Waals surface area contributed by atoms with E-state index in [1.165, 1.54) is 0 Å². The predicted molar refractivity (Wildman–Crippen MR) is 96.0 cm³/mol. The number of carbonyl (C=O) groups is 3. The summed E-state index contributed by atoms with van der Waals surface area (Å²) in [5.74, 6) is 0.0885. The molecule has 25 heavy (non-hydrogen) atoms. The first-order valence-corrected chi connectivity index (χ1v) is 9.13. The first-order valence-electron chi connectivity index (χ1n) is 9.13. The Balaban J connectivity index is 2.00. The van der Waals surface area contributed by atoms with Gasteiger partial charge in [-0.1, -0.05) is 20.8 Å². The predicted octanol–water partition coefficient (Wildman–Crippen LogP) is 1.19. The molecule has 2 N–H and O–H groups in total. The molecule has 0 atom stereocenters. The van der Waals surface area contributed by atoms with Gasteiger partial charge in [-0.15, -0.1) is 0 Å². The van der Waals surface area contributed by atoms with Crippen LogP contribution in [0.1, 0.15) is 46.5 Å². The Labute approximate surface area is 150 Å². The zero-order valence-corrected chi connectivity index (χ0v) is 16.1. The molecule has 2 rings (SSSR count). The van der Waals surface area contributed by atoms with E-state index in [0.717, 1.165) is 17.7 Å². The van der Waals surface area contributed by atoms with E-state index in [9.17, 15) is 14.4 Å². The molecule has 1 heterocycles. The topological polar surface area (TPSA) is 81.8 Å². The van der Waals surface area contributed by atoms with Crippen molar-refractivity contribution in [1.29, 1.82) is 0 Å². The maximum absolute atomic E-state index is 12.9. The van der Waals surface area contributed by atoms with Crippen LogP contribution < -0.4 is 10.6 Å². The average Bonchev–Trinajstić information content (AvgIpc) is 2.76. The Hall–Kier alpha value is -1.63. The maximum atomic E-state index is 12.9. The van der Waals surface area contributed by atoms with Gasteiger partial charge in [0.25, 0.3) is 5.91 Å². The smallest absolute Gasteiger partial charge is 0.325 e. The first kappa shape index (κ1) is 19.7. The number of likely N-dealkylation sites (N-methyl/N-ethyl adjacent to an activating group) is 2. The second-order valence-corrected chi connectivity index (χ2v) is 8.46. The second-order valence-electron chi connectivity index (χ2n) is 8.46. The molecule has 7 nitrogen and oxygen atoms in total. The highest BCUT2D eigenvalue weighted by atomic mass is 16.2. The average molecular weight is 352 g/mol. The second kappa shape index (κ2) is 7.32. The van der Waals surface area contributed by atoms with E-state index in [1.807, 2.05) is 7.05 Å². The molecule has 0 bridgehead atoms. The molecule has 0 aromatic carbocycles. The number of amides is 4. The van der Waals surface area contributed by atoms with Crippen molar-refractivity contribution in [1.82, 2.24) is 20.4 Å². The van der Waals surface area contributed by atoms with Crippen LogP contribution in [0.2, 0.25) is 0 Å². The SMILES string of the molecule is CNCCN(C)C(=O)CN1C(=O)NC2(CCC(C(C)(C)C)CC2)C1=O. The van der Waals surface area contributed by atoms with Crippen LogP contribution in [0.15, 0.2) is 0 Å². The van der Waals surface area contributed by atoms with E-state index < -0.39 is 11.6 Å². The molecule has 4 amide bonds. The standard InChI is InChI=1S/C18H32N4O3/c1-17(2,3)13-6-8-18(9-7-13)15(24)22(16(25)20-18)12-14(23)21(5)11-10-19-4/h13,19H,6-12H2,1-5H3,(H,20,25). The normalized spacial score (nSPS) is 26.9. The Morgan fingerprint density at radius 3 is 2.44 bits per heavy atom. The summed E-state index contributed by atoms with van der Waals surface area (Å²) in [7, 11) is 3.50. The van der Waals surface area contributed by atoms with E-state index in [4.69, 9.17) is 0 Å². The van der Waals surface area contributed by atoms with Gasteiger partial charge in [0.2, 0.25) is 5.91 Å². The van der Waals surface area contributed by atoms with Crippen molar-refractivity contribution in [3.8, 4) is 0 Å². The number of carbonyl (C=O) groups excluding carboxylic acids is 3. The highest BCUT2D eigenvalue weighted by Gasteiger charge is 2.53. The number of hydrogen-bond acceptors (Lipinski definition) is 4. The highest BCUT2D eigenvalue weighted by molar-refractivity contribution is 6.09. The van der Waals surface area contributed by atoms with Crippen molar-refractivity contribution in [2.45, 2.75) is 52.0 Å². The molecular formula is C18H32N4O3. The molecule has 2 aliphatic rings. The number of urea groups is 1.